The minimum Gasteiger partial charge on any atom is -0.377 e. The maximum absolute atomic E-state index is 10.9. The van der Waals surface area contributed by atoms with Crippen LogP contribution < -0.4 is 0 Å². The molecule has 2 rings (SSSR count). The van der Waals surface area contributed by atoms with Gasteiger partial charge in [-0.15, -0.1) is 0 Å². The van der Waals surface area contributed by atoms with Crippen molar-refractivity contribution >= 4 is 6.29 Å². The summed E-state index contributed by atoms with van der Waals surface area (Å²) in [7, 11) is 0. The highest BCUT2D eigenvalue weighted by Gasteiger charge is 2.33. The maximum Gasteiger partial charge on any atom is 0.125 e. The molecule has 1 aliphatic carbocycles. The predicted molar refractivity (Wildman–Crippen MR) is 55.1 cm³/mol. The van der Waals surface area contributed by atoms with E-state index in [0.717, 1.165) is 25.7 Å². The number of hydrogen-bond acceptors (Lipinski definition) is 2. The molecule has 1 saturated carbocycles. The third kappa shape index (κ3) is 2.17. The molecule has 2 fully saturated rings. The number of carbonyl (C=O) groups is 1. The first-order chi connectivity index (χ1) is 6.92. The lowest BCUT2D eigenvalue weighted by molar-refractivity contribution is -0.124. The number of ether oxygens (including phenoxy) is 1. The molecule has 2 heteroatoms. The monoisotopic (exact) mass is 196 g/mol. The van der Waals surface area contributed by atoms with Crippen LogP contribution in [0.15, 0.2) is 0 Å². The van der Waals surface area contributed by atoms with Crippen molar-refractivity contribution < 1.29 is 9.53 Å². The quantitative estimate of drug-likeness (QED) is 0.634. The molecule has 0 spiro atoms. The molecule has 0 N–H and O–H groups in total. The van der Waals surface area contributed by atoms with Gasteiger partial charge in [-0.3, -0.25) is 0 Å². The lowest BCUT2D eigenvalue weighted by atomic mass is 9.78. The van der Waals surface area contributed by atoms with Crippen LogP contribution in [0.1, 0.15) is 44.9 Å². The molecule has 1 saturated heterocycles. The van der Waals surface area contributed by atoms with Crippen molar-refractivity contribution in [2.45, 2.75) is 51.0 Å². The molecule has 0 aromatic heterocycles. The molecule has 1 aliphatic heterocycles. The third-order valence-corrected chi connectivity index (χ3v) is 3.70. The lowest BCUT2D eigenvalue weighted by Gasteiger charge is -2.36. The van der Waals surface area contributed by atoms with Gasteiger partial charge < -0.3 is 9.53 Å². The molecule has 2 atom stereocenters. The molecule has 0 bridgehead atoms. The van der Waals surface area contributed by atoms with Crippen molar-refractivity contribution in [3.05, 3.63) is 0 Å². The lowest BCUT2D eigenvalue weighted by Crippen LogP contribution is -2.37. The summed E-state index contributed by atoms with van der Waals surface area (Å²) in [5.74, 6) is 0.853. The van der Waals surface area contributed by atoms with E-state index < -0.39 is 0 Å². The van der Waals surface area contributed by atoms with E-state index in [0.29, 0.717) is 5.92 Å². The molecule has 0 aromatic rings. The fourth-order valence-corrected chi connectivity index (χ4v) is 2.92. The number of hydrogen-bond donors (Lipinski definition) is 0. The molecular formula is C12H20O2. The molecule has 0 unspecified atom stereocenters. The Kier molecular flexibility index (Phi) is 3.57. The van der Waals surface area contributed by atoms with E-state index in [-0.39, 0.29) is 12.0 Å². The topological polar surface area (TPSA) is 26.3 Å². The summed E-state index contributed by atoms with van der Waals surface area (Å²) in [5, 5.41) is 0. The van der Waals surface area contributed by atoms with E-state index in [9.17, 15) is 4.79 Å². The van der Waals surface area contributed by atoms with Crippen LogP contribution in [0, 0.1) is 11.8 Å². The van der Waals surface area contributed by atoms with Gasteiger partial charge in [-0.1, -0.05) is 19.3 Å². The average molecular weight is 196 g/mol. The summed E-state index contributed by atoms with van der Waals surface area (Å²) in [6, 6.07) is 0. The predicted octanol–water partition coefficient (Wildman–Crippen LogP) is 2.56. The minimum atomic E-state index is 0.187. The fourth-order valence-electron chi connectivity index (χ4n) is 2.92. The Balaban J connectivity index is 1.94. The van der Waals surface area contributed by atoms with Gasteiger partial charge >= 0.3 is 0 Å². The third-order valence-electron chi connectivity index (χ3n) is 3.70. The van der Waals surface area contributed by atoms with Crippen LogP contribution in [0.2, 0.25) is 0 Å². The standard InChI is InChI=1S/C12H20O2/c13-9-11-7-4-8-14-12(11)10-5-2-1-3-6-10/h9-12H,1-8H2/t11-,12-/m0/s1. The van der Waals surface area contributed by atoms with Gasteiger partial charge in [0.25, 0.3) is 0 Å². The summed E-state index contributed by atoms with van der Waals surface area (Å²) >= 11 is 0. The zero-order valence-electron chi connectivity index (χ0n) is 8.78. The van der Waals surface area contributed by atoms with Crippen LogP contribution in [0.5, 0.6) is 0 Å². The van der Waals surface area contributed by atoms with Crippen LogP contribution in [0.25, 0.3) is 0 Å². The van der Waals surface area contributed by atoms with Crippen LogP contribution in [-0.4, -0.2) is 19.0 Å². The highest BCUT2D eigenvalue weighted by Crippen LogP contribution is 2.34. The summed E-state index contributed by atoms with van der Waals surface area (Å²) in [6.07, 6.45) is 10.1. The van der Waals surface area contributed by atoms with E-state index in [1.165, 1.54) is 32.1 Å². The van der Waals surface area contributed by atoms with Gasteiger partial charge in [-0.05, 0) is 31.6 Å². The second-order valence-corrected chi connectivity index (χ2v) is 4.68. The van der Waals surface area contributed by atoms with E-state index >= 15 is 0 Å². The zero-order valence-corrected chi connectivity index (χ0v) is 8.78. The molecular weight excluding hydrogens is 176 g/mol. The Hall–Kier alpha value is -0.370. The first-order valence-corrected chi connectivity index (χ1v) is 5.98. The van der Waals surface area contributed by atoms with E-state index in [1.54, 1.807) is 0 Å². The molecule has 1 heterocycles. The van der Waals surface area contributed by atoms with Gasteiger partial charge in [0, 0.05) is 12.5 Å². The van der Waals surface area contributed by atoms with Crippen LogP contribution in [0.4, 0.5) is 0 Å². The Morgan fingerprint density at radius 2 is 1.79 bits per heavy atom. The second kappa shape index (κ2) is 4.92. The van der Waals surface area contributed by atoms with E-state index in [1.807, 2.05) is 0 Å². The summed E-state index contributed by atoms with van der Waals surface area (Å²) in [5.41, 5.74) is 0. The SMILES string of the molecule is O=C[C@@H]1CCCO[C@H]1C1CCCCC1. The highest BCUT2D eigenvalue weighted by molar-refractivity contribution is 5.54. The van der Waals surface area contributed by atoms with Crippen molar-refractivity contribution in [2.75, 3.05) is 6.61 Å². The van der Waals surface area contributed by atoms with Gasteiger partial charge in [0.15, 0.2) is 0 Å². The van der Waals surface area contributed by atoms with E-state index in [2.05, 4.69) is 0 Å². The van der Waals surface area contributed by atoms with Crippen molar-refractivity contribution in [3.8, 4) is 0 Å². The first kappa shape index (κ1) is 10.2. The Bertz CT molecular complexity index is 185. The zero-order chi connectivity index (χ0) is 9.80. The number of carbonyl (C=O) groups excluding carboxylic acids is 1. The van der Waals surface area contributed by atoms with Crippen LogP contribution in [-0.2, 0) is 9.53 Å². The number of aldehydes is 1. The minimum absolute atomic E-state index is 0.187. The Morgan fingerprint density at radius 1 is 1.00 bits per heavy atom. The number of rotatable bonds is 2. The largest absolute Gasteiger partial charge is 0.377 e. The molecule has 80 valence electrons. The van der Waals surface area contributed by atoms with E-state index in [4.69, 9.17) is 4.74 Å². The summed E-state index contributed by atoms with van der Waals surface area (Å²) in [6.45, 7) is 0.867. The first-order valence-electron chi connectivity index (χ1n) is 5.98. The van der Waals surface area contributed by atoms with Crippen LogP contribution in [0.3, 0.4) is 0 Å². The normalized spacial score (nSPS) is 35.4. The van der Waals surface area contributed by atoms with Gasteiger partial charge in [-0.2, -0.15) is 0 Å². The molecule has 2 nitrogen and oxygen atoms in total. The van der Waals surface area contributed by atoms with Crippen LogP contribution >= 0.6 is 0 Å². The van der Waals surface area contributed by atoms with Crippen molar-refractivity contribution in [3.63, 3.8) is 0 Å². The average Bonchev–Trinajstić information content (AvgIpc) is 2.30. The Morgan fingerprint density at radius 3 is 2.50 bits per heavy atom. The fraction of sp³-hybridized carbons (Fsp3) is 0.917. The van der Waals surface area contributed by atoms with Crippen molar-refractivity contribution in [2.24, 2.45) is 11.8 Å². The molecule has 2 aliphatic rings. The summed E-state index contributed by atoms with van der Waals surface area (Å²) in [4.78, 5) is 10.9. The summed E-state index contributed by atoms with van der Waals surface area (Å²) < 4.78 is 5.79. The van der Waals surface area contributed by atoms with Crippen molar-refractivity contribution in [1.29, 1.82) is 0 Å². The van der Waals surface area contributed by atoms with Gasteiger partial charge in [0.05, 0.1) is 6.10 Å². The van der Waals surface area contributed by atoms with Gasteiger partial charge in [0.2, 0.25) is 0 Å². The highest BCUT2D eigenvalue weighted by atomic mass is 16.5. The van der Waals surface area contributed by atoms with Gasteiger partial charge in [-0.25, -0.2) is 0 Å². The molecule has 0 radical (unpaired) electrons. The smallest absolute Gasteiger partial charge is 0.125 e. The Labute approximate surface area is 86.0 Å². The second-order valence-electron chi connectivity index (χ2n) is 4.68. The van der Waals surface area contributed by atoms with Gasteiger partial charge in [0.1, 0.15) is 6.29 Å². The molecule has 0 amide bonds. The maximum atomic E-state index is 10.9. The molecule has 0 aromatic carbocycles. The van der Waals surface area contributed by atoms with Crippen molar-refractivity contribution in [1.82, 2.24) is 0 Å². The molecule has 14 heavy (non-hydrogen) atoms.